The molecule has 204 valence electrons. The Bertz CT molecular complexity index is 809. The highest BCUT2D eigenvalue weighted by atomic mass is 16.5. The number of amides is 7. The predicted molar refractivity (Wildman–Crippen MR) is 119 cm³/mol. The zero-order valence-electron chi connectivity index (χ0n) is 19.9. The van der Waals surface area contributed by atoms with E-state index >= 15 is 0 Å². The number of aliphatic hydroxyl groups is 2. The lowest BCUT2D eigenvalue weighted by molar-refractivity contribution is -0.144. The van der Waals surface area contributed by atoms with Crippen LogP contribution < -0.4 is 32.4 Å². The lowest BCUT2D eigenvalue weighted by Crippen LogP contribution is -2.61. The minimum absolute atomic E-state index is 0.00634. The number of hydrogen-bond acceptors (Lipinski definition) is 10. The van der Waals surface area contributed by atoms with E-state index in [2.05, 4.69) is 26.7 Å². The number of nitrogens with zero attached hydrogens (tertiary/aromatic N) is 1. The number of aliphatic hydroxyl groups excluding tert-OH is 2. The monoisotopic (exact) mass is 519 g/mol. The highest BCUT2D eigenvalue weighted by Gasteiger charge is 2.31. The number of primary amides is 1. The summed E-state index contributed by atoms with van der Waals surface area (Å²) < 4.78 is 10.4. The number of hydrazine groups is 1. The van der Waals surface area contributed by atoms with E-state index in [4.69, 9.17) is 15.2 Å². The number of likely N-dealkylation sites (N-methyl/N-ethyl adjacent to an activating group) is 1. The number of carbonyl (C=O) groups excluding carboxylic acids is 6. The van der Waals surface area contributed by atoms with Crippen LogP contribution in [0.2, 0.25) is 0 Å². The van der Waals surface area contributed by atoms with Gasteiger partial charge in [0.25, 0.3) is 11.8 Å². The molecule has 4 atom stereocenters. The lowest BCUT2D eigenvalue weighted by atomic mass is 10.1. The molecule has 0 aromatic heterocycles. The van der Waals surface area contributed by atoms with Crippen LogP contribution in [0.3, 0.4) is 0 Å². The van der Waals surface area contributed by atoms with Crippen molar-refractivity contribution in [2.24, 2.45) is 5.73 Å². The normalized spacial score (nSPS) is 25.3. The second-order valence-corrected chi connectivity index (χ2v) is 7.69. The highest BCUT2D eigenvalue weighted by molar-refractivity contribution is 5.94. The summed E-state index contributed by atoms with van der Waals surface area (Å²) >= 11 is 0. The van der Waals surface area contributed by atoms with Crippen LogP contribution in [0.4, 0.5) is 4.79 Å². The summed E-state index contributed by atoms with van der Waals surface area (Å²) in [5.41, 5.74) is 7.29. The molecule has 1 fully saturated rings. The summed E-state index contributed by atoms with van der Waals surface area (Å²) in [5, 5.41) is 29.0. The molecule has 0 radical (unpaired) electrons. The Morgan fingerprint density at radius 1 is 1.06 bits per heavy atom. The fraction of sp³-hybridized carbons (Fsp3) is 0.684. The second-order valence-electron chi connectivity index (χ2n) is 7.69. The first-order chi connectivity index (χ1) is 17.0. The van der Waals surface area contributed by atoms with Gasteiger partial charge in [0.1, 0.15) is 24.7 Å². The van der Waals surface area contributed by atoms with Crippen molar-refractivity contribution in [3.63, 3.8) is 0 Å². The number of nitrogens with one attached hydrogen (secondary N) is 5. The Balaban J connectivity index is 3.08. The molecule has 36 heavy (non-hydrogen) atoms. The molecular formula is C19H33N7O10. The molecule has 1 saturated heterocycles. The number of urea groups is 1. The molecule has 9 N–H and O–H groups in total. The minimum atomic E-state index is -1.58. The van der Waals surface area contributed by atoms with E-state index in [0.717, 1.165) is 7.05 Å². The lowest BCUT2D eigenvalue weighted by Gasteiger charge is -2.28. The average Bonchev–Trinajstić information content (AvgIpc) is 2.80. The van der Waals surface area contributed by atoms with Gasteiger partial charge in [-0.05, 0) is 6.92 Å². The largest absolute Gasteiger partial charge is 0.394 e. The fourth-order valence-electron chi connectivity index (χ4n) is 2.85. The Kier molecular flexibility index (Phi) is 13.1. The van der Waals surface area contributed by atoms with Crippen LogP contribution in [-0.2, 0) is 33.4 Å². The topological polar surface area (TPSA) is 251 Å². The van der Waals surface area contributed by atoms with Gasteiger partial charge < -0.3 is 46.7 Å². The summed E-state index contributed by atoms with van der Waals surface area (Å²) in [6, 6.07) is -5.54. The van der Waals surface area contributed by atoms with Crippen molar-refractivity contribution in [3.8, 4) is 0 Å². The maximum absolute atomic E-state index is 12.8. The van der Waals surface area contributed by atoms with Crippen molar-refractivity contribution in [3.05, 3.63) is 0 Å². The smallest absolute Gasteiger partial charge is 0.316 e. The van der Waals surface area contributed by atoms with E-state index in [1.165, 1.54) is 6.92 Å². The maximum Gasteiger partial charge on any atom is 0.316 e. The van der Waals surface area contributed by atoms with Gasteiger partial charge in [0.2, 0.25) is 17.7 Å². The molecule has 1 aliphatic rings. The van der Waals surface area contributed by atoms with E-state index in [-0.39, 0.29) is 26.4 Å². The van der Waals surface area contributed by atoms with Gasteiger partial charge in [0, 0.05) is 13.6 Å². The van der Waals surface area contributed by atoms with Crippen molar-refractivity contribution in [2.75, 3.05) is 46.6 Å². The SMILES string of the molecule is CC(O)[C@H]1NC(=O)COCCOCCNC(=O)[C@@H](CO)NC(=O)N[C@H](CC(N)=O)C(=O)N(C)NC1=O. The van der Waals surface area contributed by atoms with Crippen LogP contribution in [0.5, 0.6) is 0 Å². The molecule has 1 aliphatic heterocycles. The molecule has 1 rings (SSSR count). The van der Waals surface area contributed by atoms with E-state index < -0.39 is 79.4 Å². The van der Waals surface area contributed by atoms with Crippen LogP contribution in [0.15, 0.2) is 0 Å². The van der Waals surface area contributed by atoms with Crippen molar-refractivity contribution in [2.45, 2.75) is 37.6 Å². The van der Waals surface area contributed by atoms with Gasteiger partial charge in [0.05, 0.1) is 39.0 Å². The Hall–Kier alpha value is -3.54. The molecule has 17 nitrogen and oxygen atoms in total. The van der Waals surface area contributed by atoms with Crippen molar-refractivity contribution in [1.29, 1.82) is 0 Å². The minimum Gasteiger partial charge on any atom is -0.394 e. The van der Waals surface area contributed by atoms with Crippen LogP contribution in [0, 0.1) is 0 Å². The highest BCUT2D eigenvalue weighted by Crippen LogP contribution is 2.00. The Morgan fingerprint density at radius 3 is 2.31 bits per heavy atom. The predicted octanol–water partition coefficient (Wildman–Crippen LogP) is -5.59. The molecule has 0 spiro atoms. The molecule has 1 heterocycles. The van der Waals surface area contributed by atoms with Crippen molar-refractivity contribution < 1.29 is 48.5 Å². The van der Waals surface area contributed by atoms with E-state index in [9.17, 15) is 39.0 Å². The maximum atomic E-state index is 12.8. The molecule has 1 unspecified atom stereocenters. The van der Waals surface area contributed by atoms with Gasteiger partial charge in [-0.15, -0.1) is 0 Å². The van der Waals surface area contributed by atoms with Gasteiger partial charge in [0.15, 0.2) is 0 Å². The van der Waals surface area contributed by atoms with Crippen molar-refractivity contribution >= 4 is 35.6 Å². The average molecular weight is 520 g/mol. The quantitative estimate of drug-likeness (QED) is 0.175. The molecule has 0 aromatic carbocycles. The summed E-state index contributed by atoms with van der Waals surface area (Å²) in [7, 11) is 1.09. The first-order valence-electron chi connectivity index (χ1n) is 10.9. The summed E-state index contributed by atoms with van der Waals surface area (Å²) in [6.07, 6.45) is -2.04. The fourth-order valence-corrected chi connectivity index (χ4v) is 2.85. The summed E-state index contributed by atoms with van der Waals surface area (Å²) in [5.74, 6) is -4.43. The van der Waals surface area contributed by atoms with Gasteiger partial charge in [-0.25, -0.2) is 4.79 Å². The Labute approximate surface area is 206 Å². The van der Waals surface area contributed by atoms with Crippen molar-refractivity contribution in [1.82, 2.24) is 31.7 Å². The van der Waals surface area contributed by atoms with Gasteiger partial charge in [-0.3, -0.25) is 34.4 Å². The van der Waals surface area contributed by atoms with E-state index in [0.29, 0.717) is 5.01 Å². The number of hydrogen-bond donors (Lipinski definition) is 8. The molecule has 0 aliphatic carbocycles. The number of nitrogens with two attached hydrogens (primary N) is 1. The summed E-state index contributed by atoms with van der Waals surface area (Å²) in [6.45, 7) is 0.154. The van der Waals surface area contributed by atoms with Crippen LogP contribution >= 0.6 is 0 Å². The molecule has 7 amide bonds. The molecule has 0 aromatic rings. The third-order valence-corrected chi connectivity index (χ3v) is 4.65. The zero-order chi connectivity index (χ0) is 27.3. The second kappa shape index (κ2) is 15.5. The van der Waals surface area contributed by atoms with Gasteiger partial charge in [-0.2, -0.15) is 0 Å². The standard InChI is InChI=1S/C19H33N7O10/c1-10(28)15-17(32)25-26(2)18(33)11(7-13(20)29)22-19(34)23-12(8-27)16(31)21-3-4-35-5-6-36-9-14(30)24-15/h10-12,15,27-28H,3-9H2,1-2H3,(H2,20,29)(H,21,31)(H,24,30)(H,25,32)(H2,22,23,34)/t10?,11-,12-,15-/m1/s1. The van der Waals surface area contributed by atoms with Gasteiger partial charge >= 0.3 is 6.03 Å². The first-order valence-corrected chi connectivity index (χ1v) is 10.9. The molecule has 17 heteroatoms. The van der Waals surface area contributed by atoms with Crippen LogP contribution in [0.1, 0.15) is 13.3 Å². The van der Waals surface area contributed by atoms with E-state index in [1.54, 1.807) is 0 Å². The van der Waals surface area contributed by atoms with Crippen LogP contribution in [0.25, 0.3) is 0 Å². The molecular weight excluding hydrogens is 486 g/mol. The van der Waals surface area contributed by atoms with Gasteiger partial charge in [-0.1, -0.05) is 0 Å². The number of rotatable bonds is 4. The number of ether oxygens (including phenoxy) is 2. The first kappa shape index (κ1) is 30.5. The Morgan fingerprint density at radius 2 is 1.69 bits per heavy atom. The summed E-state index contributed by atoms with van der Waals surface area (Å²) in [4.78, 5) is 73.4. The van der Waals surface area contributed by atoms with Crippen LogP contribution in [-0.4, -0.2) is 122 Å². The third kappa shape index (κ3) is 10.8. The zero-order valence-corrected chi connectivity index (χ0v) is 19.9. The molecule has 0 bridgehead atoms. The molecule has 0 saturated carbocycles. The number of carbonyl (C=O) groups is 6. The van der Waals surface area contributed by atoms with E-state index in [1.807, 2.05) is 0 Å². The third-order valence-electron chi connectivity index (χ3n) is 4.65.